The van der Waals surface area contributed by atoms with Crippen molar-refractivity contribution in [3.63, 3.8) is 0 Å². The number of fused-ring (bicyclic) bond motifs is 1. The predicted molar refractivity (Wildman–Crippen MR) is 114 cm³/mol. The van der Waals surface area contributed by atoms with Gasteiger partial charge in [0.25, 0.3) is 0 Å². The number of carbonyl (C=O) groups is 1. The first-order valence-corrected chi connectivity index (χ1v) is 10.2. The van der Waals surface area contributed by atoms with Crippen molar-refractivity contribution in [2.45, 2.75) is 37.8 Å². The maximum absolute atomic E-state index is 12.2. The van der Waals surface area contributed by atoms with Crippen molar-refractivity contribution in [1.82, 2.24) is 15.0 Å². The average Bonchev–Trinajstić information content (AvgIpc) is 3.33. The molecule has 1 fully saturated rings. The second kappa shape index (κ2) is 7.91. The van der Waals surface area contributed by atoms with Crippen LogP contribution < -0.4 is 10.2 Å². The minimum Gasteiger partial charge on any atom is -0.381 e. The van der Waals surface area contributed by atoms with E-state index in [0.29, 0.717) is 30.8 Å². The van der Waals surface area contributed by atoms with Gasteiger partial charge < -0.3 is 15.0 Å². The second-order valence-corrected chi connectivity index (χ2v) is 7.68. The maximum Gasteiger partial charge on any atom is 0.245 e. The van der Waals surface area contributed by atoms with Crippen LogP contribution >= 0.6 is 0 Å². The summed E-state index contributed by atoms with van der Waals surface area (Å²) in [6.07, 6.45) is 9.41. The molecule has 0 saturated heterocycles. The molecule has 0 radical (unpaired) electrons. The Morgan fingerprint density at radius 1 is 1.10 bits per heavy atom. The van der Waals surface area contributed by atoms with Crippen LogP contribution in [0.25, 0.3) is 11.3 Å². The Labute approximate surface area is 174 Å². The fourth-order valence-electron chi connectivity index (χ4n) is 4.22. The lowest BCUT2D eigenvalue weighted by Crippen LogP contribution is -2.47. The van der Waals surface area contributed by atoms with Gasteiger partial charge in [-0.15, -0.1) is 0 Å². The zero-order chi connectivity index (χ0) is 20.5. The minimum absolute atomic E-state index is 0.0534. The summed E-state index contributed by atoms with van der Waals surface area (Å²) in [5.74, 6) is 1.84. The number of nitrogens with one attached hydrogen (secondary N) is 1. The van der Waals surface area contributed by atoms with Crippen molar-refractivity contribution >= 4 is 29.6 Å². The third kappa shape index (κ3) is 3.56. The summed E-state index contributed by atoms with van der Waals surface area (Å²) in [7, 11) is 1.76. The number of carbonyl (C=O) groups excluding carboxylic acids is 1. The molecule has 1 N–H and O–H groups in total. The third-order valence-electron chi connectivity index (χ3n) is 5.84. The van der Waals surface area contributed by atoms with Crippen molar-refractivity contribution < 1.29 is 9.53 Å². The quantitative estimate of drug-likeness (QED) is 0.835. The summed E-state index contributed by atoms with van der Waals surface area (Å²) in [6, 6.07) is 4.10. The number of rotatable bonds is 4. The summed E-state index contributed by atoms with van der Waals surface area (Å²) >= 11 is 0. The van der Waals surface area contributed by atoms with E-state index in [-0.39, 0.29) is 11.9 Å². The molecule has 2 aliphatic heterocycles. The van der Waals surface area contributed by atoms with Gasteiger partial charge in [-0.2, -0.15) is 0 Å². The smallest absolute Gasteiger partial charge is 0.245 e. The molecular formula is C21H23N7O2. The molecule has 0 aromatic carbocycles. The molecule has 0 unspecified atom stereocenters. The lowest BCUT2D eigenvalue weighted by Gasteiger charge is -2.39. The summed E-state index contributed by atoms with van der Waals surface area (Å²) in [6.45, 7) is 0.894. The Morgan fingerprint density at radius 2 is 1.97 bits per heavy atom. The van der Waals surface area contributed by atoms with Crippen LogP contribution in [-0.4, -0.2) is 65.3 Å². The molecule has 1 aliphatic carbocycles. The molecule has 1 saturated carbocycles. The molecule has 1 amide bonds. The van der Waals surface area contributed by atoms with E-state index in [2.05, 4.69) is 30.2 Å². The van der Waals surface area contributed by atoms with Crippen LogP contribution in [0.3, 0.4) is 0 Å². The van der Waals surface area contributed by atoms with Gasteiger partial charge in [0, 0.05) is 31.1 Å². The average molecular weight is 405 g/mol. The zero-order valence-corrected chi connectivity index (χ0v) is 16.8. The number of nitrogens with zero attached hydrogens (tertiary/aromatic N) is 6. The molecule has 5 rings (SSSR count). The van der Waals surface area contributed by atoms with Gasteiger partial charge in [-0.25, -0.2) is 15.0 Å². The first-order valence-electron chi connectivity index (χ1n) is 10.2. The van der Waals surface area contributed by atoms with E-state index in [1.807, 2.05) is 12.1 Å². The van der Waals surface area contributed by atoms with Gasteiger partial charge >= 0.3 is 0 Å². The van der Waals surface area contributed by atoms with Crippen molar-refractivity contribution in [3.05, 3.63) is 30.2 Å². The van der Waals surface area contributed by atoms with E-state index >= 15 is 0 Å². The minimum atomic E-state index is -0.0534. The van der Waals surface area contributed by atoms with Crippen LogP contribution in [0.1, 0.15) is 31.4 Å². The lowest BCUT2D eigenvalue weighted by molar-refractivity contribution is -0.115. The summed E-state index contributed by atoms with van der Waals surface area (Å²) in [4.78, 5) is 36.7. The zero-order valence-electron chi connectivity index (χ0n) is 16.8. The number of hydrogen-bond acceptors (Lipinski definition) is 8. The topological polar surface area (TPSA) is 105 Å². The van der Waals surface area contributed by atoms with E-state index in [4.69, 9.17) is 9.72 Å². The molecule has 9 nitrogen and oxygen atoms in total. The van der Waals surface area contributed by atoms with Gasteiger partial charge in [-0.05, 0) is 37.8 Å². The summed E-state index contributed by atoms with van der Waals surface area (Å²) in [5.41, 5.74) is 2.31. The maximum atomic E-state index is 12.2. The van der Waals surface area contributed by atoms with Gasteiger partial charge in [0.1, 0.15) is 5.69 Å². The van der Waals surface area contributed by atoms with Crippen LogP contribution in [0, 0.1) is 0 Å². The molecule has 2 aromatic rings. The van der Waals surface area contributed by atoms with Crippen molar-refractivity contribution in [1.29, 1.82) is 0 Å². The molecule has 2 aromatic heterocycles. The fourth-order valence-corrected chi connectivity index (χ4v) is 4.22. The highest BCUT2D eigenvalue weighted by molar-refractivity contribution is 6.05. The van der Waals surface area contributed by atoms with Gasteiger partial charge in [0.05, 0.1) is 31.1 Å². The Balaban J connectivity index is 1.42. The van der Waals surface area contributed by atoms with E-state index in [0.717, 1.165) is 48.5 Å². The molecule has 9 heteroatoms. The standard InChI is InChI=1S/C21H23N7O2/c1-30-15-5-3-14(4-6-15)28-12-18(29)27-20-21(28)26-17(11-25-20)13-2-7-16(24-10-13)19-22-8-9-23-19/h2,7-8,10-11,14-15H,3-6,9,12H2,1H3,(H,25,27,29). The van der Waals surface area contributed by atoms with Gasteiger partial charge in [0.15, 0.2) is 17.5 Å². The number of methoxy groups -OCH3 is 1. The first kappa shape index (κ1) is 18.8. The molecule has 4 heterocycles. The number of anilines is 2. The van der Waals surface area contributed by atoms with Crippen LogP contribution in [0.15, 0.2) is 34.5 Å². The van der Waals surface area contributed by atoms with Gasteiger partial charge in [-0.1, -0.05) is 0 Å². The highest BCUT2D eigenvalue weighted by Gasteiger charge is 2.33. The van der Waals surface area contributed by atoms with Crippen LogP contribution in [0.4, 0.5) is 11.6 Å². The SMILES string of the molecule is COC1CCC(N2CC(=O)Nc3ncc(-c4ccc(C5=NCC=N5)nc4)nc32)CC1. The van der Waals surface area contributed by atoms with Gasteiger partial charge in [-0.3, -0.25) is 14.8 Å². The van der Waals surface area contributed by atoms with E-state index < -0.39 is 0 Å². The van der Waals surface area contributed by atoms with Crippen LogP contribution in [0.2, 0.25) is 0 Å². The van der Waals surface area contributed by atoms with Crippen molar-refractivity contribution in [3.8, 4) is 11.3 Å². The Morgan fingerprint density at radius 3 is 2.67 bits per heavy atom. The molecule has 0 spiro atoms. The summed E-state index contributed by atoms with van der Waals surface area (Å²) in [5, 5.41) is 2.85. The predicted octanol–water partition coefficient (Wildman–Crippen LogP) is 2.09. The van der Waals surface area contributed by atoms with Gasteiger partial charge in [0.2, 0.25) is 5.91 Å². The van der Waals surface area contributed by atoms with Crippen LogP contribution in [0.5, 0.6) is 0 Å². The molecule has 0 bridgehead atoms. The Kier molecular flexibility index (Phi) is 4.96. The van der Waals surface area contributed by atoms with E-state index in [9.17, 15) is 4.79 Å². The number of amidine groups is 1. The number of ether oxygens (including phenoxy) is 1. The fraction of sp³-hybridized carbons (Fsp3) is 0.429. The highest BCUT2D eigenvalue weighted by atomic mass is 16.5. The molecule has 0 atom stereocenters. The van der Waals surface area contributed by atoms with Crippen LogP contribution in [-0.2, 0) is 9.53 Å². The normalized spacial score (nSPS) is 23.2. The highest BCUT2D eigenvalue weighted by Crippen LogP contribution is 2.34. The number of pyridine rings is 1. The second-order valence-electron chi connectivity index (χ2n) is 7.68. The Hall–Kier alpha value is -3.20. The third-order valence-corrected chi connectivity index (χ3v) is 5.84. The molecule has 30 heavy (non-hydrogen) atoms. The molecular weight excluding hydrogens is 382 g/mol. The number of aromatic nitrogens is 3. The molecule has 3 aliphatic rings. The molecule has 154 valence electrons. The van der Waals surface area contributed by atoms with E-state index in [1.165, 1.54) is 0 Å². The number of amides is 1. The first-order chi connectivity index (χ1) is 14.7. The van der Waals surface area contributed by atoms with E-state index in [1.54, 1.807) is 25.7 Å². The summed E-state index contributed by atoms with van der Waals surface area (Å²) < 4.78 is 5.49. The number of hydrogen-bond donors (Lipinski definition) is 1. The lowest BCUT2D eigenvalue weighted by atomic mass is 9.91. The largest absolute Gasteiger partial charge is 0.381 e. The van der Waals surface area contributed by atoms with Crippen molar-refractivity contribution in [2.75, 3.05) is 30.4 Å². The monoisotopic (exact) mass is 405 g/mol. The Bertz CT molecular complexity index is 1010. The number of aliphatic imine (C=N–C) groups is 2. The van der Waals surface area contributed by atoms with Crippen molar-refractivity contribution in [2.24, 2.45) is 9.98 Å².